The Balaban J connectivity index is 1.85. The first-order chi connectivity index (χ1) is 15.4. The fourth-order valence-corrected chi connectivity index (χ4v) is 6.55. The van der Waals surface area contributed by atoms with Crippen molar-refractivity contribution in [1.82, 2.24) is 9.21 Å². The summed E-state index contributed by atoms with van der Waals surface area (Å²) in [6.07, 6.45) is -0.455. The first-order valence-corrected chi connectivity index (χ1v) is 12.9. The summed E-state index contributed by atoms with van der Waals surface area (Å²) in [5.41, 5.74) is 1.72. The molecule has 0 aliphatic carbocycles. The molecule has 1 aliphatic rings. The van der Waals surface area contributed by atoms with E-state index in [-0.39, 0.29) is 36.8 Å². The van der Waals surface area contributed by atoms with E-state index in [1.807, 2.05) is 26.0 Å². The van der Waals surface area contributed by atoms with Crippen molar-refractivity contribution in [3.63, 3.8) is 0 Å². The number of aryl methyl sites for hydroxylation is 2. The number of rotatable bonds is 5. The third-order valence-corrected chi connectivity index (χ3v) is 8.11. The van der Waals surface area contributed by atoms with Crippen LogP contribution in [0.3, 0.4) is 0 Å². The van der Waals surface area contributed by atoms with Gasteiger partial charge in [-0.05, 0) is 63.9 Å². The van der Waals surface area contributed by atoms with Crippen LogP contribution in [0.5, 0.6) is 0 Å². The van der Waals surface area contributed by atoms with E-state index in [1.54, 1.807) is 38.1 Å². The molecule has 178 valence electrons. The average Bonchev–Trinajstić information content (AvgIpc) is 2.72. The zero-order chi connectivity index (χ0) is 24.4. The number of nitroso groups, excluding NO2 is 1. The molecule has 0 aromatic heterocycles. The van der Waals surface area contributed by atoms with Gasteiger partial charge in [-0.15, -0.1) is 0 Å². The summed E-state index contributed by atoms with van der Waals surface area (Å²) in [7, 11) is -3.90. The quantitative estimate of drug-likeness (QED) is 0.689. The number of sulfonamides is 1. The van der Waals surface area contributed by atoms with E-state index in [9.17, 15) is 18.1 Å². The maximum atomic E-state index is 13.6. The topological polar surface area (TPSA) is 98.0 Å². The standard InChI is InChI=1S/C23H29N3O5S2/c1-16-12-17(2)14-19(13-16)32-20-7-6-18(24-28)15-21(20)33(29,30)26-10-8-25(9-11-26)22(27)31-23(3,4)5/h6-7,12-15H,8-11H2,1-5H3/p+1. The Morgan fingerprint density at radius 1 is 1.00 bits per heavy atom. The van der Waals surface area contributed by atoms with Crippen LogP contribution < -0.4 is 5.18 Å². The number of piperazine rings is 1. The van der Waals surface area contributed by atoms with Crippen LogP contribution in [0.4, 0.5) is 10.5 Å². The average molecular weight is 493 g/mol. The van der Waals surface area contributed by atoms with Crippen LogP contribution in [0, 0.1) is 18.8 Å². The molecular formula is C23H30N3O5S2+. The van der Waals surface area contributed by atoms with Crippen LogP contribution in [0.1, 0.15) is 31.9 Å². The number of hydrogen-bond acceptors (Lipinski definition) is 6. The summed E-state index contributed by atoms with van der Waals surface area (Å²) in [4.78, 5) is 26.6. The first-order valence-electron chi connectivity index (χ1n) is 10.7. The van der Waals surface area contributed by atoms with Crippen molar-refractivity contribution in [2.24, 2.45) is 0 Å². The van der Waals surface area contributed by atoms with E-state index in [0.29, 0.717) is 4.90 Å². The Labute approximate surface area is 199 Å². The highest BCUT2D eigenvalue weighted by Gasteiger charge is 2.34. The molecule has 0 atom stereocenters. The SMILES string of the molecule is Cc1cc(C)cc(Sc2ccc([NH+]=O)cc2S(=O)(=O)N2CCN(C(=O)OC(C)(C)C)CC2)c1. The van der Waals surface area contributed by atoms with Crippen LogP contribution in [-0.2, 0) is 14.8 Å². The van der Waals surface area contributed by atoms with Crippen molar-refractivity contribution in [1.29, 1.82) is 0 Å². The Kier molecular flexibility index (Phi) is 7.50. The first kappa shape index (κ1) is 25.2. The van der Waals surface area contributed by atoms with Gasteiger partial charge in [0.1, 0.15) is 10.5 Å². The zero-order valence-electron chi connectivity index (χ0n) is 19.5. The van der Waals surface area contributed by atoms with Gasteiger partial charge in [-0.25, -0.2) is 13.2 Å². The fourth-order valence-electron chi connectivity index (χ4n) is 3.55. The molecule has 1 saturated heterocycles. The molecule has 2 aromatic rings. The molecule has 8 nitrogen and oxygen atoms in total. The highest BCUT2D eigenvalue weighted by atomic mass is 32.2. The third-order valence-electron chi connectivity index (χ3n) is 4.99. The van der Waals surface area contributed by atoms with Gasteiger partial charge in [0.15, 0.2) is 0 Å². The zero-order valence-corrected chi connectivity index (χ0v) is 21.2. The molecular weight excluding hydrogens is 462 g/mol. The molecule has 1 aliphatic heterocycles. The largest absolute Gasteiger partial charge is 0.444 e. The van der Waals surface area contributed by atoms with Crippen LogP contribution in [0.2, 0.25) is 0 Å². The molecule has 33 heavy (non-hydrogen) atoms. The summed E-state index contributed by atoms with van der Waals surface area (Å²) >= 11 is 1.34. The number of nitrogens with zero attached hydrogens (tertiary/aromatic N) is 2. The Morgan fingerprint density at radius 3 is 2.15 bits per heavy atom. The molecule has 3 rings (SSSR count). The van der Waals surface area contributed by atoms with Crippen molar-refractivity contribution in [3.05, 3.63) is 52.4 Å². The number of nitrogens with one attached hydrogen (secondary N) is 1. The lowest BCUT2D eigenvalue weighted by atomic mass is 10.2. The third kappa shape index (κ3) is 6.33. The number of amides is 1. The van der Waals surface area contributed by atoms with E-state index in [1.165, 1.54) is 27.0 Å². The second kappa shape index (κ2) is 9.82. The normalized spacial score (nSPS) is 15.4. The molecule has 2 aromatic carbocycles. The molecule has 1 fully saturated rings. The summed E-state index contributed by atoms with van der Waals surface area (Å²) in [5, 5.41) is 1.78. The van der Waals surface area contributed by atoms with Gasteiger partial charge < -0.3 is 9.64 Å². The molecule has 0 radical (unpaired) electrons. The molecule has 0 bridgehead atoms. The van der Waals surface area contributed by atoms with Crippen LogP contribution in [-0.4, -0.2) is 55.5 Å². The van der Waals surface area contributed by atoms with Crippen molar-refractivity contribution >= 4 is 33.6 Å². The molecule has 1 amide bonds. The number of hydrogen-bond donors (Lipinski definition) is 1. The van der Waals surface area contributed by atoms with Gasteiger partial charge in [0.25, 0.3) is 5.69 Å². The van der Waals surface area contributed by atoms with Crippen LogP contribution in [0.15, 0.2) is 51.1 Å². The van der Waals surface area contributed by atoms with Crippen molar-refractivity contribution in [3.8, 4) is 0 Å². The van der Waals surface area contributed by atoms with Gasteiger partial charge in [0, 0.05) is 58.2 Å². The lowest BCUT2D eigenvalue weighted by Gasteiger charge is -2.35. The second-order valence-electron chi connectivity index (χ2n) is 9.06. The van der Waals surface area contributed by atoms with Crippen LogP contribution in [0.25, 0.3) is 0 Å². The molecule has 0 spiro atoms. The predicted octanol–water partition coefficient (Wildman–Crippen LogP) is 3.17. The number of benzene rings is 2. The van der Waals surface area contributed by atoms with Crippen molar-refractivity contribution in [2.75, 3.05) is 26.2 Å². The Bertz CT molecular complexity index is 1130. The van der Waals surface area contributed by atoms with Gasteiger partial charge in [-0.2, -0.15) is 4.31 Å². The number of carbonyl (C=O) groups is 1. The highest BCUT2D eigenvalue weighted by Crippen LogP contribution is 2.36. The Hall–Kier alpha value is -2.43. The lowest BCUT2D eigenvalue weighted by Crippen LogP contribution is -2.55. The van der Waals surface area contributed by atoms with Gasteiger partial charge in [-0.1, -0.05) is 17.8 Å². The van der Waals surface area contributed by atoms with E-state index in [0.717, 1.165) is 16.0 Å². The minimum atomic E-state index is -3.90. The van der Waals surface area contributed by atoms with Gasteiger partial charge >= 0.3 is 6.09 Å². The minimum absolute atomic E-state index is 0.0678. The summed E-state index contributed by atoms with van der Waals surface area (Å²) in [6, 6.07) is 10.6. The van der Waals surface area contributed by atoms with Gasteiger partial charge in [-0.3, -0.25) is 0 Å². The number of carbonyl (C=O) groups excluding carboxylic acids is 1. The smallest absolute Gasteiger partial charge is 0.410 e. The predicted molar refractivity (Wildman–Crippen MR) is 127 cm³/mol. The number of ether oxygens (including phenoxy) is 1. The van der Waals surface area contributed by atoms with E-state index < -0.39 is 21.7 Å². The van der Waals surface area contributed by atoms with E-state index in [4.69, 9.17) is 4.74 Å². The molecule has 1 N–H and O–H groups in total. The summed E-state index contributed by atoms with van der Waals surface area (Å²) in [6.45, 7) is 10.1. The summed E-state index contributed by atoms with van der Waals surface area (Å²) < 4.78 is 33.8. The fraction of sp³-hybridized carbons (Fsp3) is 0.435. The van der Waals surface area contributed by atoms with Gasteiger partial charge in [0.05, 0.1) is 0 Å². The molecule has 10 heteroatoms. The maximum absolute atomic E-state index is 13.6. The van der Waals surface area contributed by atoms with Crippen molar-refractivity contribution < 1.29 is 23.1 Å². The summed E-state index contributed by atoms with van der Waals surface area (Å²) in [5.74, 6) is 0. The van der Waals surface area contributed by atoms with Gasteiger partial charge in [0.2, 0.25) is 10.0 Å². The molecule has 0 saturated carbocycles. The monoisotopic (exact) mass is 492 g/mol. The molecule has 1 heterocycles. The second-order valence-corrected chi connectivity index (χ2v) is 12.1. The van der Waals surface area contributed by atoms with Crippen LogP contribution >= 0.6 is 11.8 Å². The highest BCUT2D eigenvalue weighted by molar-refractivity contribution is 8.00. The van der Waals surface area contributed by atoms with Crippen molar-refractivity contribution in [2.45, 2.75) is 54.9 Å². The maximum Gasteiger partial charge on any atom is 0.410 e. The molecule has 0 unspecified atom stereocenters. The van der Waals surface area contributed by atoms with E-state index >= 15 is 0 Å². The Morgan fingerprint density at radius 2 is 1.61 bits per heavy atom. The van der Waals surface area contributed by atoms with E-state index in [2.05, 4.69) is 6.07 Å². The lowest BCUT2D eigenvalue weighted by molar-refractivity contribution is -0.379. The minimum Gasteiger partial charge on any atom is -0.444 e.